The third kappa shape index (κ3) is 17.6. The van der Waals surface area contributed by atoms with Crippen molar-refractivity contribution in [2.75, 3.05) is 6.61 Å². The molecular weight excluding hydrogens is 150 g/mol. The van der Waals surface area contributed by atoms with Gasteiger partial charge < -0.3 is 21.1 Å². The average molecular weight is 165 g/mol. The quantitative estimate of drug-likeness (QED) is 0.410. The second kappa shape index (κ2) is 7.46. The van der Waals surface area contributed by atoms with Crippen molar-refractivity contribution >= 4 is 5.97 Å². The van der Waals surface area contributed by atoms with Crippen molar-refractivity contribution in [1.82, 2.24) is 0 Å². The van der Waals surface area contributed by atoms with Gasteiger partial charge in [-0.05, 0) is 13.8 Å². The van der Waals surface area contributed by atoms with Crippen LogP contribution >= 0.6 is 0 Å². The van der Waals surface area contributed by atoms with Crippen molar-refractivity contribution in [1.29, 1.82) is 0 Å². The molecule has 0 bridgehead atoms. The summed E-state index contributed by atoms with van der Waals surface area (Å²) in [7, 11) is 0. The van der Waals surface area contributed by atoms with Gasteiger partial charge in [-0.1, -0.05) is 0 Å². The molecule has 0 amide bonds. The molecule has 0 aliphatic rings. The lowest BCUT2D eigenvalue weighted by atomic mass is 10.4. The fourth-order valence-electron chi connectivity index (χ4n) is 0. The standard InChI is InChI=1S/C3H7NO2.C3H8O2/c1-2(4)3(5)6;1-3(5)2-4/h2H,4H2,1H3,(H,5,6);3-5H,2H2,1H3. The molecule has 5 nitrogen and oxygen atoms in total. The zero-order valence-electron chi connectivity index (χ0n) is 6.69. The van der Waals surface area contributed by atoms with E-state index < -0.39 is 18.1 Å². The summed E-state index contributed by atoms with van der Waals surface area (Å²) in [6.45, 7) is 2.81. The van der Waals surface area contributed by atoms with Crippen molar-refractivity contribution < 1.29 is 20.1 Å². The molecule has 2 unspecified atom stereocenters. The van der Waals surface area contributed by atoms with E-state index in [0.29, 0.717) is 0 Å². The molecule has 0 aromatic carbocycles. The maximum atomic E-state index is 9.57. The fraction of sp³-hybridized carbons (Fsp3) is 0.833. The maximum Gasteiger partial charge on any atom is 0.320 e. The van der Waals surface area contributed by atoms with Gasteiger partial charge in [-0.2, -0.15) is 0 Å². The zero-order chi connectivity index (χ0) is 9.44. The number of aliphatic carboxylic acids is 1. The monoisotopic (exact) mass is 165 g/mol. The van der Waals surface area contributed by atoms with Gasteiger partial charge >= 0.3 is 5.97 Å². The topological polar surface area (TPSA) is 104 Å². The van der Waals surface area contributed by atoms with E-state index in [1.54, 1.807) is 0 Å². The maximum absolute atomic E-state index is 9.57. The highest BCUT2D eigenvalue weighted by atomic mass is 16.4. The molecule has 0 fully saturated rings. The first-order valence-electron chi connectivity index (χ1n) is 3.19. The fourth-order valence-corrected chi connectivity index (χ4v) is 0. The summed E-state index contributed by atoms with van der Waals surface area (Å²) in [5.74, 6) is -0.963. The Bertz CT molecular complexity index is 103. The number of carboxylic acids is 1. The summed E-state index contributed by atoms with van der Waals surface area (Å²) in [5.41, 5.74) is 4.84. The lowest BCUT2D eigenvalue weighted by Gasteiger charge is -1.90. The van der Waals surface area contributed by atoms with Crippen LogP contribution in [0, 0.1) is 0 Å². The molecule has 5 heteroatoms. The second-order valence-electron chi connectivity index (χ2n) is 2.16. The lowest BCUT2D eigenvalue weighted by Crippen LogP contribution is -2.25. The molecule has 11 heavy (non-hydrogen) atoms. The van der Waals surface area contributed by atoms with Crippen LogP contribution in [0.4, 0.5) is 0 Å². The summed E-state index contributed by atoms with van der Waals surface area (Å²) in [4.78, 5) is 9.57. The van der Waals surface area contributed by atoms with Gasteiger partial charge in [-0.15, -0.1) is 0 Å². The van der Waals surface area contributed by atoms with E-state index in [1.165, 1.54) is 13.8 Å². The summed E-state index contributed by atoms with van der Waals surface area (Å²) >= 11 is 0. The molecule has 0 aliphatic carbocycles. The number of aliphatic hydroxyl groups is 2. The van der Waals surface area contributed by atoms with Crippen molar-refractivity contribution in [2.24, 2.45) is 5.73 Å². The Morgan fingerprint density at radius 2 is 1.73 bits per heavy atom. The number of carbonyl (C=O) groups is 1. The van der Waals surface area contributed by atoms with Crippen molar-refractivity contribution in [3.05, 3.63) is 0 Å². The Hall–Kier alpha value is -0.650. The number of rotatable bonds is 2. The van der Waals surface area contributed by atoms with E-state index in [1.807, 2.05) is 0 Å². The van der Waals surface area contributed by atoms with Crippen LogP contribution in [0.2, 0.25) is 0 Å². The Balaban J connectivity index is 0. The van der Waals surface area contributed by atoms with Crippen LogP contribution in [-0.2, 0) is 4.79 Å². The predicted octanol–water partition coefficient (Wildman–Crippen LogP) is -1.22. The average Bonchev–Trinajstić information content (AvgIpc) is 1.89. The van der Waals surface area contributed by atoms with Gasteiger partial charge in [0.25, 0.3) is 0 Å². The van der Waals surface area contributed by atoms with Crippen LogP contribution < -0.4 is 5.73 Å². The number of carboxylic acid groups (broad SMARTS) is 1. The van der Waals surface area contributed by atoms with E-state index in [2.05, 4.69) is 0 Å². The Labute approximate surface area is 65.5 Å². The molecule has 0 aromatic rings. The molecular formula is C6H15NO4. The molecule has 0 rings (SSSR count). The lowest BCUT2D eigenvalue weighted by molar-refractivity contribution is -0.138. The third-order valence-corrected chi connectivity index (χ3v) is 0.654. The van der Waals surface area contributed by atoms with Crippen LogP contribution in [0.1, 0.15) is 13.8 Å². The zero-order valence-corrected chi connectivity index (χ0v) is 6.69. The van der Waals surface area contributed by atoms with Crippen LogP contribution in [-0.4, -0.2) is 40.0 Å². The predicted molar refractivity (Wildman–Crippen MR) is 40.1 cm³/mol. The molecule has 68 valence electrons. The smallest absolute Gasteiger partial charge is 0.320 e. The number of hydrogen-bond donors (Lipinski definition) is 4. The molecule has 0 aromatic heterocycles. The van der Waals surface area contributed by atoms with E-state index in [0.717, 1.165) is 0 Å². The Morgan fingerprint density at radius 1 is 1.55 bits per heavy atom. The van der Waals surface area contributed by atoms with Gasteiger partial charge in [0.05, 0.1) is 12.7 Å². The van der Waals surface area contributed by atoms with Gasteiger partial charge in [-0.25, -0.2) is 0 Å². The summed E-state index contributed by atoms with van der Waals surface area (Å²) in [6.07, 6.45) is -0.560. The highest BCUT2D eigenvalue weighted by molar-refractivity contribution is 5.72. The molecule has 0 heterocycles. The summed E-state index contributed by atoms with van der Waals surface area (Å²) in [5, 5.41) is 23.9. The van der Waals surface area contributed by atoms with Gasteiger partial charge in [-0.3, -0.25) is 4.79 Å². The minimum Gasteiger partial charge on any atom is -0.480 e. The molecule has 5 N–H and O–H groups in total. The highest BCUT2D eigenvalue weighted by Crippen LogP contribution is 1.68. The van der Waals surface area contributed by atoms with Crippen LogP contribution in [0.15, 0.2) is 0 Å². The van der Waals surface area contributed by atoms with Gasteiger partial charge in [0.2, 0.25) is 0 Å². The molecule has 2 atom stereocenters. The van der Waals surface area contributed by atoms with E-state index in [9.17, 15) is 4.79 Å². The van der Waals surface area contributed by atoms with E-state index in [4.69, 9.17) is 21.1 Å². The minimum absolute atomic E-state index is 0.139. The minimum atomic E-state index is -0.963. The van der Waals surface area contributed by atoms with Crippen LogP contribution in [0.25, 0.3) is 0 Å². The normalized spacial score (nSPS) is 14.3. The molecule has 0 saturated heterocycles. The van der Waals surface area contributed by atoms with Gasteiger partial charge in [0.1, 0.15) is 6.04 Å². The Kier molecular flexibility index (Phi) is 8.80. The van der Waals surface area contributed by atoms with E-state index >= 15 is 0 Å². The summed E-state index contributed by atoms with van der Waals surface area (Å²) in [6, 6.07) is -0.731. The number of nitrogens with two attached hydrogens (primary N) is 1. The van der Waals surface area contributed by atoms with Crippen molar-refractivity contribution in [3.63, 3.8) is 0 Å². The van der Waals surface area contributed by atoms with E-state index in [-0.39, 0.29) is 6.61 Å². The highest BCUT2D eigenvalue weighted by Gasteiger charge is 1.99. The molecule has 0 saturated carbocycles. The van der Waals surface area contributed by atoms with Crippen molar-refractivity contribution in [2.45, 2.75) is 26.0 Å². The van der Waals surface area contributed by atoms with Crippen molar-refractivity contribution in [3.8, 4) is 0 Å². The van der Waals surface area contributed by atoms with Gasteiger partial charge in [0.15, 0.2) is 0 Å². The first-order valence-corrected chi connectivity index (χ1v) is 3.19. The molecule has 0 radical (unpaired) electrons. The third-order valence-electron chi connectivity index (χ3n) is 0.654. The summed E-state index contributed by atoms with van der Waals surface area (Å²) < 4.78 is 0. The van der Waals surface area contributed by atoms with Crippen LogP contribution in [0.3, 0.4) is 0 Å². The van der Waals surface area contributed by atoms with Gasteiger partial charge in [0, 0.05) is 0 Å². The Morgan fingerprint density at radius 3 is 1.73 bits per heavy atom. The number of hydrogen-bond acceptors (Lipinski definition) is 4. The number of aliphatic hydroxyl groups excluding tert-OH is 2. The largest absolute Gasteiger partial charge is 0.480 e. The van der Waals surface area contributed by atoms with Crippen LogP contribution in [0.5, 0.6) is 0 Å². The second-order valence-corrected chi connectivity index (χ2v) is 2.16. The first-order chi connectivity index (χ1) is 4.91. The first kappa shape index (κ1) is 13.0. The molecule has 0 spiro atoms. The SMILES string of the molecule is CC(N)C(=O)O.CC(O)CO. The molecule has 0 aliphatic heterocycles.